The largest absolute Gasteiger partial charge is 0.490 e. The van der Waals surface area contributed by atoms with E-state index in [1.54, 1.807) is 6.92 Å². The van der Waals surface area contributed by atoms with Crippen molar-refractivity contribution in [1.29, 1.82) is 0 Å². The van der Waals surface area contributed by atoms with Gasteiger partial charge >= 0.3 is 0 Å². The molecule has 2 N–H and O–H groups in total. The van der Waals surface area contributed by atoms with Gasteiger partial charge in [0.05, 0.1) is 6.61 Å². The van der Waals surface area contributed by atoms with E-state index in [0.29, 0.717) is 24.8 Å². The van der Waals surface area contributed by atoms with Crippen molar-refractivity contribution in [3.8, 4) is 0 Å². The van der Waals surface area contributed by atoms with E-state index in [2.05, 4.69) is 4.98 Å². The lowest BCUT2D eigenvalue weighted by Crippen LogP contribution is -2.59. The van der Waals surface area contributed by atoms with Crippen LogP contribution in [-0.4, -0.2) is 41.3 Å². The first-order valence-electron chi connectivity index (χ1n) is 10.4. The number of likely N-dealkylation sites (tertiary alicyclic amines) is 1. The summed E-state index contributed by atoms with van der Waals surface area (Å²) in [4.78, 5) is 17.7. The smallest absolute Gasteiger partial charge is 0.235 e. The van der Waals surface area contributed by atoms with Crippen molar-refractivity contribution in [2.24, 2.45) is 17.1 Å². The number of nitrogens with two attached hydrogens (primary N) is 1. The fraction of sp³-hybridized carbons (Fsp3) is 0.545. The number of carbonyl (C=O) groups excluding carboxylic acids is 1. The van der Waals surface area contributed by atoms with Crippen LogP contribution in [0.3, 0.4) is 0 Å². The zero-order valence-corrected chi connectivity index (χ0v) is 17.0. The van der Waals surface area contributed by atoms with Gasteiger partial charge in [0, 0.05) is 31.1 Å². The monoisotopic (exact) mass is 421 g/mol. The number of allylic oxidation sites excluding steroid dienone is 1. The van der Waals surface area contributed by atoms with Crippen molar-refractivity contribution in [2.75, 3.05) is 19.7 Å². The highest BCUT2D eigenvalue weighted by Crippen LogP contribution is 2.57. The lowest BCUT2D eigenvalue weighted by Gasteiger charge is -2.46. The van der Waals surface area contributed by atoms with Crippen LogP contribution in [0, 0.1) is 11.3 Å². The molecular weight excluding hydrogens is 395 g/mol. The molecule has 1 amide bonds. The predicted octanol–water partition coefficient (Wildman–Crippen LogP) is 4.03. The molecule has 162 valence electrons. The van der Waals surface area contributed by atoms with Crippen LogP contribution in [-0.2, 0) is 9.53 Å². The van der Waals surface area contributed by atoms with Gasteiger partial charge in [-0.15, -0.1) is 0 Å². The van der Waals surface area contributed by atoms with E-state index >= 15 is 13.2 Å². The van der Waals surface area contributed by atoms with E-state index in [1.165, 1.54) is 29.4 Å². The fourth-order valence-corrected chi connectivity index (χ4v) is 4.63. The number of hydrogen-bond acceptors (Lipinski definition) is 4. The average Bonchev–Trinajstić information content (AvgIpc) is 3.50. The van der Waals surface area contributed by atoms with Crippen LogP contribution in [0.2, 0.25) is 0 Å². The maximum Gasteiger partial charge on any atom is 0.235 e. The quantitative estimate of drug-likeness (QED) is 0.705. The number of alkyl halides is 1. The molecule has 5 nitrogen and oxygen atoms in total. The number of ether oxygens (including phenoxy) is 1. The molecule has 2 fully saturated rings. The lowest BCUT2D eigenvalue weighted by atomic mass is 9.77. The van der Waals surface area contributed by atoms with Crippen molar-refractivity contribution in [1.82, 2.24) is 9.88 Å². The Labute approximate surface area is 173 Å². The second-order valence-electron chi connectivity index (χ2n) is 8.45. The van der Waals surface area contributed by atoms with Gasteiger partial charge in [-0.3, -0.25) is 14.7 Å². The number of aromatic nitrogens is 1. The minimum Gasteiger partial charge on any atom is -0.490 e. The Bertz CT molecular complexity index is 888. The molecule has 1 spiro atoms. The summed E-state index contributed by atoms with van der Waals surface area (Å²) in [5.74, 6) is -9.34. The number of piperidine rings is 1. The summed E-state index contributed by atoms with van der Waals surface area (Å²) in [6.07, 6.45) is 6.91. The van der Waals surface area contributed by atoms with E-state index in [0.717, 1.165) is 12.8 Å². The number of amides is 1. The molecule has 1 saturated carbocycles. The number of hydrogen-bond donors (Lipinski definition) is 1. The van der Waals surface area contributed by atoms with Crippen molar-refractivity contribution >= 4 is 11.5 Å². The molecule has 2 aliphatic carbocycles. The summed E-state index contributed by atoms with van der Waals surface area (Å²) >= 11 is 0. The molecular formula is C22H26F3N3O2. The number of carbonyl (C=O) groups is 1. The Balaban J connectivity index is 1.84. The van der Waals surface area contributed by atoms with Crippen molar-refractivity contribution in [2.45, 2.75) is 44.8 Å². The number of nitrogens with zero attached hydrogens (tertiary/aromatic N) is 2. The maximum absolute atomic E-state index is 16.6. The van der Waals surface area contributed by atoms with Gasteiger partial charge in [-0.05, 0) is 55.2 Å². The standard InChI is InChI=1S/C22H26F3N3O2/c1-2-13-30-18-15(14-3-9-27-10-4-14)16(20(26)29)22(25,19(24)17(18)23)28-11-7-21(5-6-21)8-12-28/h3-4,9-10,16H,2,5-8,11-13H2,1H3,(H2,26,29). The van der Waals surface area contributed by atoms with Gasteiger partial charge in [0.25, 0.3) is 0 Å². The Morgan fingerprint density at radius 3 is 2.40 bits per heavy atom. The summed E-state index contributed by atoms with van der Waals surface area (Å²) in [7, 11) is 0. The molecule has 0 aromatic carbocycles. The summed E-state index contributed by atoms with van der Waals surface area (Å²) in [5, 5.41) is 0. The minimum absolute atomic E-state index is 0.0774. The zero-order valence-electron chi connectivity index (χ0n) is 17.0. The van der Waals surface area contributed by atoms with Crippen molar-refractivity contribution in [3.05, 3.63) is 47.5 Å². The molecule has 2 unspecified atom stereocenters. The minimum atomic E-state index is -3.00. The van der Waals surface area contributed by atoms with E-state index in [1.807, 2.05) is 0 Å². The Hall–Kier alpha value is -2.35. The highest BCUT2D eigenvalue weighted by atomic mass is 19.2. The van der Waals surface area contributed by atoms with Gasteiger partial charge in [0.15, 0.2) is 11.6 Å². The molecule has 1 aromatic rings. The SMILES string of the molecule is CCCOC1=C(c2ccncc2)C(C(N)=O)C(F)(N2CCC3(CC2)CC3)C(F)=C1F. The number of pyridine rings is 1. The van der Waals surface area contributed by atoms with Crippen molar-refractivity contribution < 1.29 is 22.7 Å². The fourth-order valence-electron chi connectivity index (χ4n) is 4.63. The van der Waals surface area contributed by atoms with Crippen LogP contribution in [0.1, 0.15) is 44.6 Å². The first-order chi connectivity index (χ1) is 14.3. The zero-order chi connectivity index (χ0) is 21.5. The molecule has 0 bridgehead atoms. The van der Waals surface area contributed by atoms with Crippen LogP contribution in [0.5, 0.6) is 0 Å². The Morgan fingerprint density at radius 1 is 1.23 bits per heavy atom. The summed E-state index contributed by atoms with van der Waals surface area (Å²) < 4.78 is 52.6. The molecule has 2 heterocycles. The Kier molecular flexibility index (Phi) is 5.38. The van der Waals surface area contributed by atoms with Gasteiger partial charge in [0.1, 0.15) is 5.92 Å². The topological polar surface area (TPSA) is 68.5 Å². The number of rotatable bonds is 6. The summed E-state index contributed by atoms with van der Waals surface area (Å²) in [5.41, 5.74) is 6.06. The van der Waals surface area contributed by atoms with Crippen LogP contribution < -0.4 is 5.73 Å². The second kappa shape index (κ2) is 7.72. The van der Waals surface area contributed by atoms with Gasteiger partial charge in [-0.1, -0.05) is 6.92 Å². The van der Waals surface area contributed by atoms with Crippen LogP contribution in [0.25, 0.3) is 5.57 Å². The predicted molar refractivity (Wildman–Crippen MR) is 106 cm³/mol. The summed E-state index contributed by atoms with van der Waals surface area (Å²) in [6, 6.07) is 3.01. The highest BCUT2D eigenvalue weighted by Gasteiger charge is 2.60. The molecule has 8 heteroatoms. The maximum atomic E-state index is 16.6. The lowest BCUT2D eigenvalue weighted by molar-refractivity contribution is -0.134. The molecule has 4 rings (SSSR count). The molecule has 1 aliphatic heterocycles. The third-order valence-corrected chi connectivity index (χ3v) is 6.58. The molecule has 0 radical (unpaired) electrons. The number of halogens is 3. The molecule has 2 atom stereocenters. The van der Waals surface area contributed by atoms with Gasteiger partial charge in [0.2, 0.25) is 17.5 Å². The summed E-state index contributed by atoms with van der Waals surface area (Å²) in [6.45, 7) is 2.35. The molecule has 30 heavy (non-hydrogen) atoms. The van der Waals surface area contributed by atoms with Crippen LogP contribution in [0.4, 0.5) is 13.2 Å². The van der Waals surface area contributed by atoms with E-state index in [9.17, 15) is 4.79 Å². The van der Waals surface area contributed by atoms with E-state index in [4.69, 9.17) is 10.5 Å². The van der Waals surface area contributed by atoms with E-state index < -0.39 is 35.0 Å². The van der Waals surface area contributed by atoms with Gasteiger partial charge in [-0.2, -0.15) is 4.39 Å². The van der Waals surface area contributed by atoms with Crippen LogP contribution in [0.15, 0.2) is 41.9 Å². The third-order valence-electron chi connectivity index (χ3n) is 6.58. The van der Waals surface area contributed by atoms with Gasteiger partial charge in [-0.25, -0.2) is 8.78 Å². The average molecular weight is 421 g/mol. The first kappa shape index (κ1) is 20.9. The molecule has 3 aliphatic rings. The number of primary amides is 1. The van der Waals surface area contributed by atoms with E-state index in [-0.39, 0.29) is 30.7 Å². The Morgan fingerprint density at radius 2 is 1.87 bits per heavy atom. The van der Waals surface area contributed by atoms with Gasteiger partial charge < -0.3 is 10.5 Å². The van der Waals surface area contributed by atoms with Crippen LogP contribution >= 0.6 is 0 Å². The second-order valence-corrected chi connectivity index (χ2v) is 8.45. The van der Waals surface area contributed by atoms with Crippen molar-refractivity contribution in [3.63, 3.8) is 0 Å². The molecule has 1 aromatic heterocycles. The molecule has 1 saturated heterocycles. The third kappa shape index (κ3) is 3.31. The normalized spacial score (nSPS) is 28.7. The highest BCUT2D eigenvalue weighted by molar-refractivity contribution is 5.95. The first-order valence-corrected chi connectivity index (χ1v) is 10.4.